The first-order valence-electron chi connectivity index (χ1n) is 17.1. The molecule has 0 radical (unpaired) electrons. The Balaban J connectivity index is 2.57. The lowest BCUT2D eigenvalue weighted by atomic mass is 9.94. The van der Waals surface area contributed by atoms with E-state index in [4.69, 9.17) is 9.47 Å². The van der Waals surface area contributed by atoms with Gasteiger partial charge in [0.1, 0.15) is 12.7 Å². The van der Waals surface area contributed by atoms with Crippen molar-refractivity contribution in [1.29, 1.82) is 0 Å². The summed E-state index contributed by atoms with van der Waals surface area (Å²) in [6, 6.07) is 0. The van der Waals surface area contributed by atoms with Crippen LogP contribution in [0.15, 0.2) is 0 Å². The molecule has 1 fully saturated rings. The van der Waals surface area contributed by atoms with E-state index in [1.807, 2.05) is 0 Å². The zero-order valence-corrected chi connectivity index (χ0v) is 26.5. The number of rotatable bonds is 26. The lowest BCUT2D eigenvalue weighted by Crippen LogP contribution is -2.31. The van der Waals surface area contributed by atoms with Gasteiger partial charge < -0.3 is 14.4 Å². The minimum absolute atomic E-state index is 0.0176. The molecule has 1 heterocycles. The highest BCUT2D eigenvalue weighted by Crippen LogP contribution is 2.22. The predicted octanol–water partition coefficient (Wildman–Crippen LogP) is 9.26. The average Bonchev–Trinajstić information content (AvgIpc) is 3.37. The van der Waals surface area contributed by atoms with Crippen LogP contribution < -0.4 is 0 Å². The summed E-state index contributed by atoms with van der Waals surface area (Å²) in [5, 5.41) is 0. The summed E-state index contributed by atoms with van der Waals surface area (Å²) in [6.45, 7) is 8.64. The van der Waals surface area contributed by atoms with E-state index in [1.54, 1.807) is 0 Å². The molecule has 5 heteroatoms. The van der Waals surface area contributed by atoms with Crippen LogP contribution in [0.2, 0.25) is 0 Å². The normalized spacial score (nSPS) is 17.3. The SMILES string of the molecule is CCCCCCCCCCC(COC(=O)C(CCCCCC)CCCCCCCC)OC(=O)C1CCN(C)C1. The molecule has 1 rings (SSSR count). The third-order valence-electron chi connectivity index (χ3n) is 8.44. The second-order valence-electron chi connectivity index (χ2n) is 12.3. The molecule has 0 spiro atoms. The van der Waals surface area contributed by atoms with Gasteiger partial charge in [-0.15, -0.1) is 0 Å². The lowest BCUT2D eigenvalue weighted by molar-refractivity contribution is -0.164. The molecule has 1 aliphatic heterocycles. The highest BCUT2D eigenvalue weighted by Gasteiger charge is 2.30. The zero-order valence-electron chi connectivity index (χ0n) is 26.5. The van der Waals surface area contributed by atoms with Crippen LogP contribution in [0.4, 0.5) is 0 Å². The van der Waals surface area contributed by atoms with Crippen molar-refractivity contribution in [2.24, 2.45) is 11.8 Å². The molecule has 230 valence electrons. The number of hydrogen-bond acceptors (Lipinski definition) is 5. The third kappa shape index (κ3) is 18.8. The Morgan fingerprint density at radius 1 is 0.692 bits per heavy atom. The molecular weight excluding hydrogens is 486 g/mol. The molecule has 0 aromatic rings. The number of hydrogen-bond donors (Lipinski definition) is 0. The smallest absolute Gasteiger partial charge is 0.310 e. The van der Waals surface area contributed by atoms with Crippen molar-refractivity contribution >= 4 is 11.9 Å². The van der Waals surface area contributed by atoms with Crippen molar-refractivity contribution in [3.05, 3.63) is 0 Å². The zero-order chi connectivity index (χ0) is 28.6. The molecule has 5 nitrogen and oxygen atoms in total. The Labute approximate surface area is 242 Å². The highest BCUT2D eigenvalue weighted by atomic mass is 16.6. The van der Waals surface area contributed by atoms with E-state index in [0.717, 1.165) is 64.5 Å². The second kappa shape index (κ2) is 24.7. The third-order valence-corrected chi connectivity index (χ3v) is 8.44. The first-order valence-corrected chi connectivity index (χ1v) is 17.1. The Morgan fingerprint density at radius 2 is 1.15 bits per heavy atom. The fraction of sp³-hybridized carbons (Fsp3) is 0.941. The predicted molar refractivity (Wildman–Crippen MR) is 164 cm³/mol. The van der Waals surface area contributed by atoms with E-state index in [0.29, 0.717) is 0 Å². The summed E-state index contributed by atoms with van der Waals surface area (Å²) in [5.74, 6) is -0.248. The second-order valence-corrected chi connectivity index (χ2v) is 12.3. The van der Waals surface area contributed by atoms with E-state index in [9.17, 15) is 9.59 Å². The van der Waals surface area contributed by atoms with Crippen LogP contribution in [0, 0.1) is 11.8 Å². The molecule has 0 aromatic heterocycles. The van der Waals surface area contributed by atoms with Crippen molar-refractivity contribution in [3.63, 3.8) is 0 Å². The fourth-order valence-corrected chi connectivity index (χ4v) is 5.73. The summed E-state index contributed by atoms with van der Waals surface area (Å²) in [4.78, 5) is 28.3. The van der Waals surface area contributed by atoms with Crippen LogP contribution in [-0.4, -0.2) is 49.7 Å². The highest BCUT2D eigenvalue weighted by molar-refractivity contribution is 5.74. The van der Waals surface area contributed by atoms with Gasteiger partial charge in [-0.25, -0.2) is 0 Å². The number of unbranched alkanes of at least 4 members (excludes halogenated alkanes) is 15. The van der Waals surface area contributed by atoms with Gasteiger partial charge in [0.2, 0.25) is 0 Å². The molecule has 39 heavy (non-hydrogen) atoms. The van der Waals surface area contributed by atoms with E-state index in [-0.39, 0.29) is 36.5 Å². The Hall–Kier alpha value is -1.10. The van der Waals surface area contributed by atoms with Gasteiger partial charge in [0, 0.05) is 6.54 Å². The minimum atomic E-state index is -0.317. The van der Waals surface area contributed by atoms with E-state index >= 15 is 0 Å². The van der Waals surface area contributed by atoms with Gasteiger partial charge in [-0.05, 0) is 45.7 Å². The van der Waals surface area contributed by atoms with E-state index in [1.165, 1.54) is 89.9 Å². The quantitative estimate of drug-likeness (QED) is 0.0792. The van der Waals surface area contributed by atoms with Crippen molar-refractivity contribution < 1.29 is 19.1 Å². The number of likely N-dealkylation sites (tertiary alicyclic amines) is 1. The van der Waals surface area contributed by atoms with Crippen molar-refractivity contribution in [3.8, 4) is 0 Å². The van der Waals surface area contributed by atoms with Gasteiger partial charge >= 0.3 is 11.9 Å². The minimum Gasteiger partial charge on any atom is -0.462 e. The maximum Gasteiger partial charge on any atom is 0.310 e. The fourth-order valence-electron chi connectivity index (χ4n) is 5.73. The molecule has 0 bridgehead atoms. The standard InChI is InChI=1S/C34H65NO4/c1-5-8-11-14-16-17-19-22-25-32(39-34(37)31-26-27-35(4)28-31)29-38-33(36)30(23-20-13-10-7-3)24-21-18-15-12-9-6-2/h30-32H,5-29H2,1-4H3. The molecule has 3 unspecified atom stereocenters. The molecule has 0 N–H and O–H groups in total. The summed E-state index contributed by atoms with van der Waals surface area (Å²) in [7, 11) is 2.05. The Morgan fingerprint density at radius 3 is 1.64 bits per heavy atom. The Bertz CT molecular complexity index is 596. The topological polar surface area (TPSA) is 55.8 Å². The number of ether oxygens (including phenoxy) is 2. The van der Waals surface area contributed by atoms with Crippen molar-refractivity contribution in [2.75, 3.05) is 26.7 Å². The average molecular weight is 552 g/mol. The summed E-state index contributed by atoms with van der Waals surface area (Å²) >= 11 is 0. The number of carbonyl (C=O) groups excluding carboxylic acids is 2. The van der Waals surface area contributed by atoms with Gasteiger partial charge in [-0.1, -0.05) is 130 Å². The summed E-state index contributed by atoms with van der Waals surface area (Å²) in [5.41, 5.74) is 0. The molecule has 0 amide bonds. The van der Waals surface area contributed by atoms with Crippen LogP contribution in [-0.2, 0) is 19.1 Å². The first-order chi connectivity index (χ1) is 19.0. The van der Waals surface area contributed by atoms with Crippen molar-refractivity contribution in [1.82, 2.24) is 4.90 Å². The first kappa shape index (κ1) is 35.9. The number of nitrogens with zero attached hydrogens (tertiary/aromatic N) is 1. The van der Waals surface area contributed by atoms with Gasteiger partial charge in [0.15, 0.2) is 0 Å². The van der Waals surface area contributed by atoms with E-state index in [2.05, 4.69) is 32.7 Å². The van der Waals surface area contributed by atoms with Gasteiger partial charge in [-0.2, -0.15) is 0 Å². The monoisotopic (exact) mass is 551 g/mol. The number of esters is 2. The van der Waals surface area contributed by atoms with Crippen LogP contribution in [0.1, 0.15) is 162 Å². The maximum absolute atomic E-state index is 13.2. The largest absolute Gasteiger partial charge is 0.462 e. The molecule has 1 saturated heterocycles. The summed E-state index contributed by atoms with van der Waals surface area (Å²) < 4.78 is 11.9. The van der Waals surface area contributed by atoms with Crippen LogP contribution in [0.25, 0.3) is 0 Å². The van der Waals surface area contributed by atoms with Gasteiger partial charge in [0.25, 0.3) is 0 Å². The van der Waals surface area contributed by atoms with Crippen LogP contribution >= 0.6 is 0 Å². The lowest BCUT2D eigenvalue weighted by Gasteiger charge is -2.22. The Kier molecular flexibility index (Phi) is 22.7. The van der Waals surface area contributed by atoms with E-state index < -0.39 is 0 Å². The van der Waals surface area contributed by atoms with Crippen molar-refractivity contribution in [2.45, 2.75) is 168 Å². The van der Waals surface area contributed by atoms with Crippen LogP contribution in [0.5, 0.6) is 0 Å². The molecule has 0 aromatic carbocycles. The van der Waals surface area contributed by atoms with Crippen LogP contribution in [0.3, 0.4) is 0 Å². The molecule has 0 saturated carbocycles. The van der Waals surface area contributed by atoms with Gasteiger partial charge in [-0.3, -0.25) is 9.59 Å². The molecular formula is C34H65NO4. The maximum atomic E-state index is 13.2. The number of carbonyl (C=O) groups is 2. The summed E-state index contributed by atoms with van der Waals surface area (Å²) in [6.07, 6.45) is 25.3. The molecule has 1 aliphatic rings. The molecule has 0 aliphatic carbocycles. The van der Waals surface area contributed by atoms with Gasteiger partial charge in [0.05, 0.1) is 11.8 Å². The molecule has 3 atom stereocenters.